The van der Waals surface area contributed by atoms with Gasteiger partial charge < -0.3 is 20.9 Å². The van der Waals surface area contributed by atoms with E-state index in [1.54, 1.807) is 60.5 Å². The van der Waals surface area contributed by atoms with E-state index in [1.807, 2.05) is 37.3 Å². The molecule has 170 valence electrons. The van der Waals surface area contributed by atoms with Crippen molar-refractivity contribution >= 4 is 34.8 Å². The van der Waals surface area contributed by atoms with Crippen molar-refractivity contribution in [3.63, 3.8) is 0 Å². The van der Waals surface area contributed by atoms with Gasteiger partial charge in [0.1, 0.15) is 0 Å². The molecule has 0 aliphatic carbocycles. The second kappa shape index (κ2) is 11.5. The maximum Gasteiger partial charge on any atom is 0.258 e. The van der Waals surface area contributed by atoms with Crippen LogP contribution in [0.5, 0.6) is 0 Å². The summed E-state index contributed by atoms with van der Waals surface area (Å²) in [7, 11) is 1.73. The van der Waals surface area contributed by atoms with Crippen LogP contribution in [0.4, 0.5) is 17.1 Å². The number of rotatable bonds is 9. The van der Waals surface area contributed by atoms with Crippen LogP contribution in [0.25, 0.3) is 0 Å². The molecule has 0 aliphatic rings. The minimum atomic E-state index is -0.222. The van der Waals surface area contributed by atoms with E-state index in [0.717, 1.165) is 17.8 Å². The monoisotopic (exact) mass is 444 g/mol. The molecule has 7 nitrogen and oxygen atoms in total. The van der Waals surface area contributed by atoms with Crippen LogP contribution in [0.1, 0.15) is 34.1 Å². The molecule has 0 aliphatic heterocycles. The molecule has 3 aromatic carbocycles. The summed E-state index contributed by atoms with van der Waals surface area (Å²) in [6, 6.07) is 23.1. The van der Waals surface area contributed by atoms with Crippen molar-refractivity contribution in [2.45, 2.75) is 13.3 Å². The number of hydrogen-bond donors (Lipinski definition) is 3. The molecule has 3 N–H and O–H groups in total. The van der Waals surface area contributed by atoms with E-state index < -0.39 is 0 Å². The Balaban J connectivity index is 1.49. The largest absolute Gasteiger partial charge is 0.376 e. The van der Waals surface area contributed by atoms with Gasteiger partial charge in [0.25, 0.3) is 11.8 Å². The van der Waals surface area contributed by atoms with Crippen molar-refractivity contribution in [1.82, 2.24) is 5.32 Å². The quantitative estimate of drug-likeness (QED) is 0.462. The first kappa shape index (κ1) is 23.5. The molecule has 0 atom stereocenters. The van der Waals surface area contributed by atoms with Crippen LogP contribution in [0.2, 0.25) is 0 Å². The maximum absolute atomic E-state index is 12.7. The summed E-state index contributed by atoms with van der Waals surface area (Å²) in [6.45, 7) is 2.70. The molecule has 0 unspecified atom stereocenters. The van der Waals surface area contributed by atoms with Crippen LogP contribution in [0.3, 0.4) is 0 Å². The van der Waals surface area contributed by atoms with Gasteiger partial charge in [-0.1, -0.05) is 25.1 Å². The smallest absolute Gasteiger partial charge is 0.258 e. The Labute approximate surface area is 193 Å². The number of benzene rings is 3. The second-order valence-corrected chi connectivity index (χ2v) is 7.51. The zero-order valence-electron chi connectivity index (χ0n) is 18.8. The lowest BCUT2D eigenvalue weighted by Gasteiger charge is -2.17. The normalized spacial score (nSPS) is 10.2. The first-order valence-electron chi connectivity index (χ1n) is 10.8. The van der Waals surface area contributed by atoms with Gasteiger partial charge >= 0.3 is 0 Å². The predicted octanol–water partition coefficient (Wildman–Crippen LogP) is 4.15. The lowest BCUT2D eigenvalue weighted by atomic mass is 10.1. The van der Waals surface area contributed by atoms with Crippen molar-refractivity contribution in [2.75, 3.05) is 35.7 Å². The molecule has 0 bridgehead atoms. The Morgan fingerprint density at radius 1 is 0.788 bits per heavy atom. The summed E-state index contributed by atoms with van der Waals surface area (Å²) in [5.41, 5.74) is 3.25. The molecule has 0 saturated heterocycles. The van der Waals surface area contributed by atoms with E-state index in [9.17, 15) is 14.4 Å². The molecule has 3 rings (SSSR count). The van der Waals surface area contributed by atoms with Gasteiger partial charge in [-0.25, -0.2) is 0 Å². The van der Waals surface area contributed by atoms with E-state index in [-0.39, 0.29) is 24.3 Å². The fraction of sp³-hybridized carbons (Fsp3) is 0.192. The van der Waals surface area contributed by atoms with Crippen LogP contribution in [0, 0.1) is 0 Å². The summed E-state index contributed by atoms with van der Waals surface area (Å²) < 4.78 is 0. The number of nitrogens with zero attached hydrogens (tertiary/aromatic N) is 1. The third-order valence-electron chi connectivity index (χ3n) is 5.00. The highest BCUT2D eigenvalue weighted by Gasteiger charge is 2.13. The number of hydrogen-bond acceptors (Lipinski definition) is 4. The van der Waals surface area contributed by atoms with E-state index >= 15 is 0 Å². The maximum atomic E-state index is 12.7. The Morgan fingerprint density at radius 3 is 2.03 bits per heavy atom. The van der Waals surface area contributed by atoms with Crippen molar-refractivity contribution in [1.29, 1.82) is 0 Å². The molecule has 0 radical (unpaired) electrons. The highest BCUT2D eigenvalue weighted by atomic mass is 16.2. The Morgan fingerprint density at radius 2 is 1.39 bits per heavy atom. The van der Waals surface area contributed by atoms with Gasteiger partial charge in [0, 0.05) is 41.8 Å². The fourth-order valence-electron chi connectivity index (χ4n) is 3.13. The fourth-order valence-corrected chi connectivity index (χ4v) is 3.13. The van der Waals surface area contributed by atoms with Crippen molar-refractivity contribution in [3.8, 4) is 0 Å². The van der Waals surface area contributed by atoms with Crippen LogP contribution < -0.4 is 20.9 Å². The predicted molar refractivity (Wildman–Crippen MR) is 132 cm³/mol. The summed E-state index contributed by atoms with van der Waals surface area (Å²) in [6.07, 6.45) is 0.879. The van der Waals surface area contributed by atoms with E-state index in [0.29, 0.717) is 23.4 Å². The highest BCUT2D eigenvalue weighted by molar-refractivity contribution is 6.06. The van der Waals surface area contributed by atoms with Crippen LogP contribution in [-0.4, -0.2) is 37.9 Å². The molecule has 0 heterocycles. The summed E-state index contributed by atoms with van der Waals surface area (Å²) in [4.78, 5) is 38.5. The Kier molecular flexibility index (Phi) is 8.18. The molecular formula is C26H28N4O3. The third-order valence-corrected chi connectivity index (χ3v) is 5.00. The first-order valence-corrected chi connectivity index (χ1v) is 10.8. The lowest BCUT2D eigenvalue weighted by molar-refractivity contribution is -0.114. The van der Waals surface area contributed by atoms with Crippen LogP contribution in [-0.2, 0) is 4.79 Å². The molecule has 3 amide bonds. The summed E-state index contributed by atoms with van der Waals surface area (Å²) >= 11 is 0. The molecule has 3 aromatic rings. The lowest BCUT2D eigenvalue weighted by Crippen LogP contribution is -2.26. The zero-order valence-corrected chi connectivity index (χ0v) is 18.8. The molecule has 7 heteroatoms. The highest BCUT2D eigenvalue weighted by Crippen LogP contribution is 2.17. The van der Waals surface area contributed by atoms with Crippen molar-refractivity contribution < 1.29 is 14.4 Å². The summed E-state index contributed by atoms with van der Waals surface area (Å²) in [5, 5.41) is 8.66. The molecule has 0 saturated carbocycles. The van der Waals surface area contributed by atoms with Gasteiger partial charge in [-0.15, -0.1) is 0 Å². The molecule has 33 heavy (non-hydrogen) atoms. The van der Waals surface area contributed by atoms with Crippen molar-refractivity contribution in [2.24, 2.45) is 0 Å². The Hall–Kier alpha value is -4.13. The van der Waals surface area contributed by atoms with E-state index in [4.69, 9.17) is 0 Å². The third kappa shape index (κ3) is 6.67. The van der Waals surface area contributed by atoms with Gasteiger partial charge in [-0.3, -0.25) is 14.4 Å². The number of anilines is 3. The Bertz CT molecular complexity index is 1080. The number of carbonyl (C=O) groups is 3. The zero-order chi connectivity index (χ0) is 23.6. The number of nitrogens with one attached hydrogen (secondary N) is 3. The average Bonchev–Trinajstić information content (AvgIpc) is 2.86. The number of amides is 3. The standard InChI is InChI=1S/C26H28N4O3/c1-3-17-27-25(32)19-9-13-21(14-10-19)28-18-24(31)29-22-15-11-20(12-16-22)26(33)30(2)23-7-5-4-6-8-23/h4-16,28H,3,17-18H2,1-2H3,(H,27,32)(H,29,31). The summed E-state index contributed by atoms with van der Waals surface area (Å²) in [5.74, 6) is -0.467. The van der Waals surface area contributed by atoms with Gasteiger partial charge in [0.15, 0.2) is 0 Å². The van der Waals surface area contributed by atoms with Gasteiger partial charge in [-0.2, -0.15) is 0 Å². The topological polar surface area (TPSA) is 90.5 Å². The van der Waals surface area contributed by atoms with E-state index in [1.165, 1.54) is 0 Å². The van der Waals surface area contributed by atoms with E-state index in [2.05, 4.69) is 16.0 Å². The molecule has 0 fully saturated rings. The molecule has 0 aromatic heterocycles. The minimum absolute atomic E-state index is 0.0683. The van der Waals surface area contributed by atoms with Gasteiger partial charge in [0.2, 0.25) is 5.91 Å². The first-order chi connectivity index (χ1) is 16.0. The van der Waals surface area contributed by atoms with Crippen LogP contribution >= 0.6 is 0 Å². The number of carbonyl (C=O) groups excluding carboxylic acids is 3. The van der Waals surface area contributed by atoms with Gasteiger partial charge in [0.05, 0.1) is 6.54 Å². The minimum Gasteiger partial charge on any atom is -0.376 e. The van der Waals surface area contributed by atoms with Gasteiger partial charge in [-0.05, 0) is 67.1 Å². The van der Waals surface area contributed by atoms with Crippen LogP contribution in [0.15, 0.2) is 78.9 Å². The second-order valence-electron chi connectivity index (χ2n) is 7.51. The molecular weight excluding hydrogens is 416 g/mol. The van der Waals surface area contributed by atoms with Crippen molar-refractivity contribution in [3.05, 3.63) is 90.0 Å². The SMILES string of the molecule is CCCNC(=O)c1ccc(NCC(=O)Nc2ccc(C(=O)N(C)c3ccccc3)cc2)cc1. The molecule has 0 spiro atoms. The number of para-hydroxylation sites is 1. The average molecular weight is 445 g/mol.